The molecule has 0 aliphatic carbocycles. The highest BCUT2D eigenvalue weighted by molar-refractivity contribution is 5.06. The minimum absolute atomic E-state index is 0.269. The van der Waals surface area contributed by atoms with Crippen molar-refractivity contribution in [2.45, 2.75) is 44.1 Å². The average Bonchev–Trinajstić information content (AvgIpc) is 2.20. The van der Waals surface area contributed by atoms with E-state index in [0.29, 0.717) is 6.42 Å². The smallest absolute Gasteiger partial charge is 0.184 e. The van der Waals surface area contributed by atoms with Gasteiger partial charge in [0.2, 0.25) is 0 Å². The van der Waals surface area contributed by atoms with E-state index >= 15 is 0 Å². The number of hydrogen-bond donors (Lipinski definition) is 5. The molecule has 6 nitrogen and oxygen atoms in total. The van der Waals surface area contributed by atoms with Gasteiger partial charge in [-0.3, -0.25) is 0 Å². The van der Waals surface area contributed by atoms with Crippen LogP contribution in [0, 0.1) is 0 Å². The van der Waals surface area contributed by atoms with Crippen molar-refractivity contribution in [3.8, 4) is 0 Å². The molecule has 0 unspecified atom stereocenters. The molecule has 88 valence electrons. The van der Waals surface area contributed by atoms with Crippen LogP contribution in [-0.2, 0) is 4.74 Å². The van der Waals surface area contributed by atoms with Crippen LogP contribution in [0.1, 0.15) is 13.3 Å². The first kappa shape index (κ1) is 12.4. The molecule has 5 atom stereocenters. The number of ether oxygens (including phenoxy) is 1. The summed E-state index contributed by atoms with van der Waals surface area (Å²) in [5, 5.41) is 46.6. The maximum Gasteiger partial charge on any atom is 0.184 e. The van der Waals surface area contributed by atoms with Crippen LogP contribution in [0.15, 0.2) is 11.8 Å². The zero-order valence-corrected chi connectivity index (χ0v) is 8.32. The molecule has 1 fully saturated rings. The van der Waals surface area contributed by atoms with E-state index < -0.39 is 30.7 Å². The van der Waals surface area contributed by atoms with E-state index in [4.69, 9.17) is 9.84 Å². The second kappa shape index (κ2) is 4.91. The maximum absolute atomic E-state index is 9.48. The summed E-state index contributed by atoms with van der Waals surface area (Å²) in [4.78, 5) is 0. The lowest BCUT2D eigenvalue weighted by Gasteiger charge is -2.37. The largest absolute Gasteiger partial charge is 0.510 e. The monoisotopic (exact) mass is 220 g/mol. The number of rotatable bonds is 2. The lowest BCUT2D eigenvalue weighted by atomic mass is 9.97. The molecule has 0 saturated carbocycles. The van der Waals surface area contributed by atoms with Gasteiger partial charge in [0, 0.05) is 0 Å². The average molecular weight is 220 g/mol. The van der Waals surface area contributed by atoms with Crippen molar-refractivity contribution in [1.29, 1.82) is 0 Å². The predicted molar refractivity (Wildman–Crippen MR) is 49.9 cm³/mol. The Labute approximate surface area is 87.0 Å². The normalized spacial score (nSPS) is 43.0. The van der Waals surface area contributed by atoms with Gasteiger partial charge in [-0.1, -0.05) is 6.92 Å². The highest BCUT2D eigenvalue weighted by Crippen LogP contribution is 2.23. The van der Waals surface area contributed by atoms with Crippen molar-refractivity contribution in [3.05, 3.63) is 11.8 Å². The zero-order valence-electron chi connectivity index (χ0n) is 8.32. The first-order valence-electron chi connectivity index (χ1n) is 4.75. The maximum atomic E-state index is 9.48. The minimum atomic E-state index is -1.62. The summed E-state index contributed by atoms with van der Waals surface area (Å²) >= 11 is 0. The third-order valence-electron chi connectivity index (χ3n) is 2.29. The molecule has 1 saturated heterocycles. The standard InChI is InChI=1S/C9H16O6/c1-2-3-4(10)8-6(12)5(11)7(13)9(14)15-8/h3,5-14H,2H2,1H3/t5-,6+,7+,8+,9-/m0/s1. The molecule has 0 aromatic heterocycles. The van der Waals surface area contributed by atoms with Gasteiger partial charge in [-0.05, 0) is 12.5 Å². The molecule has 1 aliphatic heterocycles. The van der Waals surface area contributed by atoms with Crippen molar-refractivity contribution in [3.63, 3.8) is 0 Å². The fourth-order valence-electron chi connectivity index (χ4n) is 1.43. The topological polar surface area (TPSA) is 110 Å². The molecule has 1 aliphatic rings. The van der Waals surface area contributed by atoms with E-state index in [1.807, 2.05) is 0 Å². The van der Waals surface area contributed by atoms with Crippen LogP contribution >= 0.6 is 0 Å². The van der Waals surface area contributed by atoms with Gasteiger partial charge in [0.15, 0.2) is 6.29 Å². The zero-order chi connectivity index (χ0) is 11.6. The molecular formula is C9H16O6. The van der Waals surface area contributed by atoms with Crippen molar-refractivity contribution >= 4 is 0 Å². The molecule has 6 heteroatoms. The van der Waals surface area contributed by atoms with Crippen molar-refractivity contribution in [2.75, 3.05) is 0 Å². The summed E-state index contributed by atoms with van der Waals surface area (Å²) in [6.07, 6.45) is -5.51. The molecule has 0 aromatic carbocycles. The summed E-state index contributed by atoms with van der Waals surface area (Å²) in [5.41, 5.74) is 0. The molecule has 1 rings (SSSR count). The van der Waals surface area contributed by atoms with Crippen molar-refractivity contribution in [1.82, 2.24) is 0 Å². The van der Waals surface area contributed by atoms with Crippen molar-refractivity contribution < 1.29 is 30.3 Å². The van der Waals surface area contributed by atoms with Crippen LogP contribution in [0.5, 0.6) is 0 Å². The van der Waals surface area contributed by atoms with Crippen molar-refractivity contribution in [2.24, 2.45) is 0 Å². The number of hydrogen-bond acceptors (Lipinski definition) is 6. The summed E-state index contributed by atoms with van der Waals surface area (Å²) in [5.74, 6) is -0.269. The van der Waals surface area contributed by atoms with Gasteiger partial charge in [0.1, 0.15) is 30.2 Å². The Morgan fingerprint density at radius 2 is 1.73 bits per heavy atom. The van der Waals surface area contributed by atoms with Gasteiger partial charge in [-0.2, -0.15) is 0 Å². The molecule has 0 radical (unpaired) electrons. The quantitative estimate of drug-likeness (QED) is 0.367. The van der Waals surface area contributed by atoms with Gasteiger partial charge in [0.05, 0.1) is 0 Å². The molecule has 0 bridgehead atoms. The van der Waals surface area contributed by atoms with Crippen LogP contribution in [0.2, 0.25) is 0 Å². The Morgan fingerprint density at radius 3 is 2.27 bits per heavy atom. The first-order chi connectivity index (χ1) is 6.99. The van der Waals surface area contributed by atoms with E-state index in [-0.39, 0.29) is 5.76 Å². The summed E-state index contributed by atoms with van der Waals surface area (Å²) < 4.78 is 4.77. The van der Waals surface area contributed by atoms with Gasteiger partial charge < -0.3 is 30.3 Å². The molecule has 1 heterocycles. The van der Waals surface area contributed by atoms with E-state index in [1.54, 1.807) is 6.92 Å². The first-order valence-corrected chi connectivity index (χ1v) is 4.75. The van der Waals surface area contributed by atoms with Crippen LogP contribution in [0.3, 0.4) is 0 Å². The fourth-order valence-corrected chi connectivity index (χ4v) is 1.43. The Bertz CT molecular complexity index is 241. The van der Waals surface area contributed by atoms with Crippen LogP contribution in [0.4, 0.5) is 0 Å². The predicted octanol–water partition coefficient (Wildman–Crippen LogP) is -1.36. The molecule has 0 aromatic rings. The molecular weight excluding hydrogens is 204 g/mol. The summed E-state index contributed by atoms with van der Waals surface area (Å²) in [6, 6.07) is 0. The van der Waals surface area contributed by atoms with Crippen LogP contribution < -0.4 is 0 Å². The lowest BCUT2D eigenvalue weighted by molar-refractivity contribution is -0.278. The number of aliphatic hydroxyl groups is 5. The summed E-state index contributed by atoms with van der Waals surface area (Å²) in [6.45, 7) is 1.77. The van der Waals surface area contributed by atoms with E-state index in [1.165, 1.54) is 6.08 Å². The van der Waals surface area contributed by atoms with Gasteiger partial charge >= 0.3 is 0 Å². The Kier molecular flexibility index (Phi) is 4.06. The third-order valence-corrected chi connectivity index (χ3v) is 2.29. The molecule has 5 N–H and O–H groups in total. The van der Waals surface area contributed by atoms with E-state index in [9.17, 15) is 20.4 Å². The molecule has 0 amide bonds. The second-order valence-corrected chi connectivity index (χ2v) is 3.46. The second-order valence-electron chi connectivity index (χ2n) is 3.46. The lowest BCUT2D eigenvalue weighted by Crippen LogP contribution is -2.57. The SMILES string of the molecule is CCC=C(O)[C@H]1O[C@H](O)[C@H](O)[C@@H](O)[C@H]1O. The van der Waals surface area contributed by atoms with E-state index in [2.05, 4.69) is 0 Å². The number of allylic oxidation sites excluding steroid dienone is 1. The fraction of sp³-hybridized carbons (Fsp3) is 0.778. The Morgan fingerprint density at radius 1 is 1.13 bits per heavy atom. The third kappa shape index (κ3) is 2.47. The van der Waals surface area contributed by atoms with Crippen LogP contribution in [-0.4, -0.2) is 56.2 Å². The number of aliphatic hydroxyl groups excluding tert-OH is 5. The van der Waals surface area contributed by atoms with Gasteiger partial charge in [0.25, 0.3) is 0 Å². The minimum Gasteiger partial charge on any atom is -0.510 e. The van der Waals surface area contributed by atoms with E-state index in [0.717, 1.165) is 0 Å². The Balaban J connectivity index is 2.79. The highest BCUT2D eigenvalue weighted by Gasteiger charge is 2.44. The van der Waals surface area contributed by atoms with Crippen LogP contribution in [0.25, 0.3) is 0 Å². The Hall–Kier alpha value is -0.660. The molecule has 0 spiro atoms. The summed E-state index contributed by atoms with van der Waals surface area (Å²) in [7, 11) is 0. The highest BCUT2D eigenvalue weighted by atomic mass is 16.6. The van der Waals surface area contributed by atoms with Gasteiger partial charge in [-0.25, -0.2) is 0 Å². The van der Waals surface area contributed by atoms with Gasteiger partial charge in [-0.15, -0.1) is 0 Å². The molecule has 15 heavy (non-hydrogen) atoms.